The molecule has 2 heterocycles. The SMILES string of the molecule is Cc1ccc(NC(C)C2CCCN(C)C2)cn1. The topological polar surface area (TPSA) is 28.2 Å². The van der Waals surface area contributed by atoms with Crippen LogP contribution in [0, 0.1) is 12.8 Å². The molecule has 0 amide bonds. The van der Waals surface area contributed by atoms with E-state index in [0.717, 1.165) is 17.3 Å². The van der Waals surface area contributed by atoms with Gasteiger partial charge in [-0.2, -0.15) is 0 Å². The molecule has 0 aromatic carbocycles. The third kappa shape index (κ3) is 3.43. The highest BCUT2D eigenvalue weighted by Gasteiger charge is 2.22. The van der Waals surface area contributed by atoms with Crippen molar-refractivity contribution in [3.8, 4) is 0 Å². The van der Waals surface area contributed by atoms with E-state index in [0.29, 0.717) is 6.04 Å². The first kappa shape index (κ1) is 12.4. The summed E-state index contributed by atoms with van der Waals surface area (Å²) < 4.78 is 0. The van der Waals surface area contributed by atoms with E-state index in [1.165, 1.54) is 25.9 Å². The van der Waals surface area contributed by atoms with Crippen molar-refractivity contribution in [2.24, 2.45) is 5.92 Å². The summed E-state index contributed by atoms with van der Waals surface area (Å²) in [4.78, 5) is 6.75. The first-order chi connectivity index (χ1) is 8.15. The lowest BCUT2D eigenvalue weighted by molar-refractivity contribution is 0.197. The number of likely N-dealkylation sites (tertiary alicyclic amines) is 1. The molecule has 17 heavy (non-hydrogen) atoms. The molecule has 1 saturated heterocycles. The number of rotatable bonds is 3. The number of hydrogen-bond acceptors (Lipinski definition) is 3. The van der Waals surface area contributed by atoms with Crippen molar-refractivity contribution < 1.29 is 0 Å². The molecular formula is C14H23N3. The highest BCUT2D eigenvalue weighted by molar-refractivity contribution is 5.41. The highest BCUT2D eigenvalue weighted by Crippen LogP contribution is 2.21. The maximum atomic E-state index is 4.32. The van der Waals surface area contributed by atoms with Gasteiger partial charge in [-0.15, -0.1) is 0 Å². The molecule has 3 heteroatoms. The van der Waals surface area contributed by atoms with E-state index < -0.39 is 0 Å². The van der Waals surface area contributed by atoms with E-state index in [2.05, 4.69) is 41.3 Å². The number of pyridine rings is 1. The van der Waals surface area contributed by atoms with Crippen molar-refractivity contribution >= 4 is 5.69 Å². The zero-order chi connectivity index (χ0) is 12.3. The number of nitrogens with zero attached hydrogens (tertiary/aromatic N) is 2. The predicted molar refractivity (Wildman–Crippen MR) is 72.3 cm³/mol. The van der Waals surface area contributed by atoms with Gasteiger partial charge in [0.25, 0.3) is 0 Å². The molecule has 2 unspecified atom stereocenters. The standard InChI is InChI=1S/C14H23N3/c1-11-6-7-14(9-15-11)16-12(2)13-5-4-8-17(3)10-13/h6-7,9,12-13,16H,4-5,8,10H2,1-3H3. The second-order valence-electron chi connectivity index (χ2n) is 5.29. The fourth-order valence-electron chi connectivity index (χ4n) is 2.55. The van der Waals surface area contributed by atoms with Gasteiger partial charge in [0.15, 0.2) is 0 Å². The highest BCUT2D eigenvalue weighted by atomic mass is 15.1. The van der Waals surface area contributed by atoms with Crippen molar-refractivity contribution in [1.29, 1.82) is 0 Å². The zero-order valence-electron chi connectivity index (χ0n) is 11.1. The summed E-state index contributed by atoms with van der Waals surface area (Å²) >= 11 is 0. The normalized spacial score (nSPS) is 23.4. The van der Waals surface area contributed by atoms with Gasteiger partial charge in [-0.1, -0.05) is 0 Å². The van der Waals surface area contributed by atoms with Gasteiger partial charge in [0, 0.05) is 18.3 Å². The van der Waals surface area contributed by atoms with Crippen LogP contribution in [0.3, 0.4) is 0 Å². The average Bonchev–Trinajstić information content (AvgIpc) is 2.32. The maximum absolute atomic E-state index is 4.32. The van der Waals surface area contributed by atoms with Gasteiger partial charge in [0.2, 0.25) is 0 Å². The largest absolute Gasteiger partial charge is 0.381 e. The van der Waals surface area contributed by atoms with E-state index in [4.69, 9.17) is 0 Å². The summed E-state index contributed by atoms with van der Waals surface area (Å²) in [5.74, 6) is 0.745. The van der Waals surface area contributed by atoms with Crippen molar-refractivity contribution in [3.05, 3.63) is 24.0 Å². The Hall–Kier alpha value is -1.09. The van der Waals surface area contributed by atoms with Crippen LogP contribution in [0.1, 0.15) is 25.5 Å². The van der Waals surface area contributed by atoms with Crippen LogP contribution in [-0.2, 0) is 0 Å². The molecular weight excluding hydrogens is 210 g/mol. The average molecular weight is 233 g/mol. The van der Waals surface area contributed by atoms with E-state index in [9.17, 15) is 0 Å². The van der Waals surface area contributed by atoms with Crippen LogP contribution in [0.25, 0.3) is 0 Å². The molecule has 2 rings (SSSR count). The van der Waals surface area contributed by atoms with Crippen LogP contribution in [0.5, 0.6) is 0 Å². The summed E-state index contributed by atoms with van der Waals surface area (Å²) in [6.07, 6.45) is 4.58. The van der Waals surface area contributed by atoms with E-state index in [1.54, 1.807) is 0 Å². The fraction of sp³-hybridized carbons (Fsp3) is 0.643. The summed E-state index contributed by atoms with van der Waals surface area (Å²) in [6, 6.07) is 4.69. The van der Waals surface area contributed by atoms with Gasteiger partial charge in [-0.3, -0.25) is 4.98 Å². The van der Waals surface area contributed by atoms with Gasteiger partial charge in [-0.25, -0.2) is 0 Å². The molecule has 0 radical (unpaired) electrons. The Bertz CT molecular complexity index is 347. The van der Waals surface area contributed by atoms with Gasteiger partial charge in [0.1, 0.15) is 0 Å². The second-order valence-corrected chi connectivity index (χ2v) is 5.29. The lowest BCUT2D eigenvalue weighted by Gasteiger charge is -2.34. The monoisotopic (exact) mass is 233 g/mol. The molecule has 0 spiro atoms. The molecule has 1 fully saturated rings. The molecule has 0 aliphatic carbocycles. The summed E-state index contributed by atoms with van der Waals surface area (Å²) in [5, 5.41) is 3.57. The molecule has 1 aromatic heterocycles. The summed E-state index contributed by atoms with van der Waals surface area (Å²) in [5.41, 5.74) is 2.21. The van der Waals surface area contributed by atoms with E-state index in [-0.39, 0.29) is 0 Å². The lowest BCUT2D eigenvalue weighted by Crippen LogP contribution is -2.39. The molecule has 1 aromatic rings. The Morgan fingerprint density at radius 3 is 2.94 bits per heavy atom. The van der Waals surface area contributed by atoms with Crippen LogP contribution in [0.15, 0.2) is 18.3 Å². The smallest absolute Gasteiger partial charge is 0.0529 e. The molecule has 1 aliphatic heterocycles. The Balaban J connectivity index is 1.91. The minimum absolute atomic E-state index is 0.516. The molecule has 1 N–H and O–H groups in total. The first-order valence-electron chi connectivity index (χ1n) is 6.53. The number of hydrogen-bond donors (Lipinski definition) is 1. The Morgan fingerprint density at radius 1 is 1.47 bits per heavy atom. The minimum Gasteiger partial charge on any atom is -0.381 e. The fourth-order valence-corrected chi connectivity index (χ4v) is 2.55. The van der Waals surface area contributed by atoms with Crippen LogP contribution in [0.4, 0.5) is 5.69 Å². The Morgan fingerprint density at radius 2 is 2.29 bits per heavy atom. The number of aromatic nitrogens is 1. The number of piperidine rings is 1. The Kier molecular flexibility index (Phi) is 4.00. The van der Waals surface area contributed by atoms with Crippen LogP contribution in [0.2, 0.25) is 0 Å². The van der Waals surface area contributed by atoms with E-state index in [1.807, 2.05) is 13.1 Å². The van der Waals surface area contributed by atoms with Crippen molar-refractivity contribution in [3.63, 3.8) is 0 Å². The molecule has 2 atom stereocenters. The number of anilines is 1. The maximum Gasteiger partial charge on any atom is 0.0529 e. The third-order valence-electron chi connectivity index (χ3n) is 3.67. The molecule has 0 bridgehead atoms. The molecule has 1 aliphatic rings. The summed E-state index contributed by atoms with van der Waals surface area (Å²) in [7, 11) is 2.21. The first-order valence-corrected chi connectivity index (χ1v) is 6.53. The van der Waals surface area contributed by atoms with Gasteiger partial charge in [0.05, 0.1) is 11.9 Å². The molecule has 0 saturated carbocycles. The van der Waals surface area contributed by atoms with Gasteiger partial charge in [-0.05, 0) is 58.3 Å². The number of nitrogens with one attached hydrogen (secondary N) is 1. The van der Waals surface area contributed by atoms with Crippen LogP contribution >= 0.6 is 0 Å². The molecule has 94 valence electrons. The van der Waals surface area contributed by atoms with Gasteiger partial charge >= 0.3 is 0 Å². The second kappa shape index (κ2) is 5.50. The Labute approximate surface area is 104 Å². The van der Waals surface area contributed by atoms with E-state index >= 15 is 0 Å². The van der Waals surface area contributed by atoms with Gasteiger partial charge < -0.3 is 10.2 Å². The quantitative estimate of drug-likeness (QED) is 0.869. The summed E-state index contributed by atoms with van der Waals surface area (Å²) in [6.45, 7) is 6.75. The zero-order valence-corrected chi connectivity index (χ0v) is 11.1. The van der Waals surface area contributed by atoms with Crippen LogP contribution < -0.4 is 5.32 Å². The molecule has 3 nitrogen and oxygen atoms in total. The third-order valence-corrected chi connectivity index (χ3v) is 3.67. The van der Waals surface area contributed by atoms with Crippen LogP contribution in [-0.4, -0.2) is 36.1 Å². The van der Waals surface area contributed by atoms with Crippen molar-refractivity contribution in [2.45, 2.75) is 32.7 Å². The predicted octanol–water partition coefficient (Wildman–Crippen LogP) is 2.53. The lowest BCUT2D eigenvalue weighted by atomic mass is 9.92. The minimum atomic E-state index is 0.516. The van der Waals surface area contributed by atoms with Crippen molar-refractivity contribution in [1.82, 2.24) is 9.88 Å². The number of aryl methyl sites for hydroxylation is 1. The van der Waals surface area contributed by atoms with Crippen molar-refractivity contribution in [2.75, 3.05) is 25.5 Å².